The van der Waals surface area contributed by atoms with Crippen LogP contribution in [0.1, 0.15) is 19.4 Å². The zero-order chi connectivity index (χ0) is 14.4. The average molecular weight is 351 g/mol. The van der Waals surface area contributed by atoms with Gasteiger partial charge in [0.15, 0.2) is 0 Å². The maximum Gasteiger partial charge on any atom is 0.105 e. The third kappa shape index (κ3) is 4.93. The minimum absolute atomic E-state index is 0.661. The van der Waals surface area contributed by atoms with E-state index in [-0.39, 0.29) is 0 Å². The summed E-state index contributed by atoms with van der Waals surface area (Å²) in [4.78, 5) is 5.71. The molecule has 1 aromatic heterocycles. The molecule has 1 N–H and O–H groups in total. The molecule has 2 nitrogen and oxygen atoms in total. The summed E-state index contributed by atoms with van der Waals surface area (Å²) in [6.45, 7) is 6.32. The summed E-state index contributed by atoms with van der Waals surface area (Å²) in [5.74, 6) is 0.661. The standard InChI is InChI=1S/C16H19BrN2S/c1-12(2)10-18-11-13-4-3-9-19-16(13)20-15-7-5-14(17)6-8-15/h3-9,12,18H,10-11H2,1-2H3. The molecule has 0 unspecified atom stereocenters. The fraction of sp³-hybridized carbons (Fsp3) is 0.312. The van der Waals surface area contributed by atoms with E-state index in [2.05, 4.69) is 70.4 Å². The van der Waals surface area contributed by atoms with Crippen LogP contribution in [0.15, 0.2) is 57.0 Å². The number of nitrogens with one attached hydrogen (secondary N) is 1. The highest BCUT2D eigenvalue weighted by atomic mass is 79.9. The molecule has 0 saturated heterocycles. The lowest BCUT2D eigenvalue weighted by Crippen LogP contribution is -2.19. The number of pyridine rings is 1. The summed E-state index contributed by atoms with van der Waals surface area (Å²) < 4.78 is 1.10. The van der Waals surface area contributed by atoms with Crippen LogP contribution in [-0.4, -0.2) is 11.5 Å². The van der Waals surface area contributed by atoms with Crippen LogP contribution >= 0.6 is 27.7 Å². The van der Waals surface area contributed by atoms with Crippen molar-refractivity contribution in [3.8, 4) is 0 Å². The lowest BCUT2D eigenvalue weighted by molar-refractivity contribution is 0.549. The molecule has 0 aliphatic carbocycles. The first-order valence-electron chi connectivity index (χ1n) is 6.73. The van der Waals surface area contributed by atoms with Gasteiger partial charge in [0.1, 0.15) is 5.03 Å². The smallest absolute Gasteiger partial charge is 0.105 e. The normalized spacial score (nSPS) is 11.0. The molecule has 106 valence electrons. The monoisotopic (exact) mass is 350 g/mol. The summed E-state index contributed by atoms with van der Waals surface area (Å²) in [6.07, 6.45) is 1.85. The van der Waals surface area contributed by atoms with Crippen LogP contribution in [0, 0.1) is 5.92 Å². The van der Waals surface area contributed by atoms with Crippen LogP contribution in [-0.2, 0) is 6.54 Å². The Morgan fingerprint density at radius 2 is 1.95 bits per heavy atom. The number of hydrogen-bond donors (Lipinski definition) is 1. The van der Waals surface area contributed by atoms with E-state index in [4.69, 9.17) is 0 Å². The molecule has 0 bridgehead atoms. The predicted molar refractivity (Wildman–Crippen MR) is 89.0 cm³/mol. The first-order valence-corrected chi connectivity index (χ1v) is 8.34. The van der Waals surface area contributed by atoms with E-state index in [1.165, 1.54) is 10.5 Å². The minimum atomic E-state index is 0.661. The highest BCUT2D eigenvalue weighted by Crippen LogP contribution is 2.29. The van der Waals surface area contributed by atoms with Crippen molar-refractivity contribution < 1.29 is 0 Å². The highest BCUT2D eigenvalue weighted by Gasteiger charge is 2.06. The van der Waals surface area contributed by atoms with Gasteiger partial charge in [-0.3, -0.25) is 0 Å². The Kier molecular flexibility index (Phi) is 6.07. The van der Waals surface area contributed by atoms with Crippen molar-refractivity contribution in [3.05, 3.63) is 52.6 Å². The summed E-state index contributed by atoms with van der Waals surface area (Å²) in [5, 5.41) is 4.55. The van der Waals surface area contributed by atoms with Gasteiger partial charge >= 0.3 is 0 Å². The molecule has 1 aromatic carbocycles. The van der Waals surface area contributed by atoms with Crippen LogP contribution < -0.4 is 5.32 Å². The number of rotatable bonds is 6. The first kappa shape index (κ1) is 15.5. The molecule has 0 aliphatic heterocycles. The summed E-state index contributed by atoms with van der Waals surface area (Å²) >= 11 is 5.17. The number of aromatic nitrogens is 1. The second-order valence-electron chi connectivity index (χ2n) is 5.05. The number of nitrogens with zero attached hydrogens (tertiary/aromatic N) is 1. The van der Waals surface area contributed by atoms with Crippen molar-refractivity contribution in [2.45, 2.75) is 30.3 Å². The van der Waals surface area contributed by atoms with E-state index in [0.29, 0.717) is 5.92 Å². The van der Waals surface area contributed by atoms with E-state index >= 15 is 0 Å². The zero-order valence-electron chi connectivity index (χ0n) is 11.8. The second-order valence-corrected chi connectivity index (χ2v) is 7.03. The lowest BCUT2D eigenvalue weighted by atomic mass is 10.2. The number of hydrogen-bond acceptors (Lipinski definition) is 3. The van der Waals surface area contributed by atoms with Crippen molar-refractivity contribution in [2.75, 3.05) is 6.54 Å². The van der Waals surface area contributed by atoms with Gasteiger partial charge in [-0.25, -0.2) is 4.98 Å². The quantitative estimate of drug-likeness (QED) is 0.814. The molecule has 0 fully saturated rings. The van der Waals surface area contributed by atoms with Gasteiger partial charge in [0, 0.05) is 22.1 Å². The molecule has 0 aliphatic rings. The van der Waals surface area contributed by atoms with Gasteiger partial charge in [-0.15, -0.1) is 0 Å². The average Bonchev–Trinajstić information content (AvgIpc) is 2.43. The van der Waals surface area contributed by atoms with Gasteiger partial charge in [-0.2, -0.15) is 0 Å². The molecule has 0 amide bonds. The van der Waals surface area contributed by atoms with E-state index in [1.807, 2.05) is 12.3 Å². The molecule has 0 radical (unpaired) electrons. The van der Waals surface area contributed by atoms with E-state index in [9.17, 15) is 0 Å². The Bertz CT molecular complexity index is 540. The van der Waals surface area contributed by atoms with Crippen molar-refractivity contribution in [3.63, 3.8) is 0 Å². The molecule has 20 heavy (non-hydrogen) atoms. The van der Waals surface area contributed by atoms with Gasteiger partial charge in [0.2, 0.25) is 0 Å². The fourth-order valence-electron chi connectivity index (χ4n) is 1.76. The SMILES string of the molecule is CC(C)CNCc1cccnc1Sc1ccc(Br)cc1. The number of halogens is 1. The van der Waals surface area contributed by atoms with Crippen LogP contribution in [0.3, 0.4) is 0 Å². The van der Waals surface area contributed by atoms with Crippen molar-refractivity contribution in [1.82, 2.24) is 10.3 Å². The summed E-state index contributed by atoms with van der Waals surface area (Å²) in [5.41, 5.74) is 1.25. The molecule has 2 aromatic rings. The van der Waals surface area contributed by atoms with Crippen LogP contribution in [0.25, 0.3) is 0 Å². The zero-order valence-corrected chi connectivity index (χ0v) is 14.2. The molecule has 4 heteroatoms. The van der Waals surface area contributed by atoms with Crippen molar-refractivity contribution in [2.24, 2.45) is 5.92 Å². The summed E-state index contributed by atoms with van der Waals surface area (Å²) in [6, 6.07) is 12.5. The third-order valence-electron chi connectivity index (χ3n) is 2.75. The van der Waals surface area contributed by atoms with Gasteiger partial charge in [-0.1, -0.05) is 47.6 Å². The summed E-state index contributed by atoms with van der Waals surface area (Å²) in [7, 11) is 0. The molecule has 0 saturated carbocycles. The Morgan fingerprint density at radius 3 is 2.65 bits per heavy atom. The third-order valence-corrected chi connectivity index (χ3v) is 4.34. The van der Waals surface area contributed by atoms with Gasteiger partial charge in [0.25, 0.3) is 0 Å². The highest BCUT2D eigenvalue weighted by molar-refractivity contribution is 9.10. The van der Waals surface area contributed by atoms with Crippen LogP contribution in [0.2, 0.25) is 0 Å². The van der Waals surface area contributed by atoms with E-state index in [1.54, 1.807) is 11.8 Å². The molecule has 1 heterocycles. The lowest BCUT2D eigenvalue weighted by Gasteiger charge is -2.10. The van der Waals surface area contributed by atoms with Gasteiger partial charge in [-0.05, 0) is 48.4 Å². The van der Waals surface area contributed by atoms with Gasteiger partial charge in [0.05, 0.1) is 0 Å². The predicted octanol–water partition coefficient (Wildman–Crippen LogP) is 4.74. The first-order chi connectivity index (χ1) is 9.65. The fourth-order valence-corrected chi connectivity index (χ4v) is 2.90. The van der Waals surface area contributed by atoms with Crippen molar-refractivity contribution >= 4 is 27.7 Å². The molecular formula is C16H19BrN2S. The Balaban J connectivity index is 2.05. The molecule has 0 atom stereocenters. The topological polar surface area (TPSA) is 24.9 Å². The maximum atomic E-state index is 4.51. The van der Waals surface area contributed by atoms with E-state index in [0.717, 1.165) is 22.6 Å². The second kappa shape index (κ2) is 7.81. The van der Waals surface area contributed by atoms with Crippen LogP contribution in [0.5, 0.6) is 0 Å². The Morgan fingerprint density at radius 1 is 1.20 bits per heavy atom. The Labute approximate surface area is 133 Å². The van der Waals surface area contributed by atoms with Gasteiger partial charge < -0.3 is 5.32 Å². The minimum Gasteiger partial charge on any atom is -0.312 e. The van der Waals surface area contributed by atoms with Crippen molar-refractivity contribution in [1.29, 1.82) is 0 Å². The largest absolute Gasteiger partial charge is 0.312 e. The number of benzene rings is 1. The Hall–Kier alpha value is -0.840. The molecular weight excluding hydrogens is 332 g/mol. The van der Waals surface area contributed by atoms with E-state index < -0.39 is 0 Å². The maximum absolute atomic E-state index is 4.51. The van der Waals surface area contributed by atoms with Crippen LogP contribution in [0.4, 0.5) is 0 Å². The molecule has 2 rings (SSSR count). The molecule has 0 spiro atoms.